The molecular formula is C13H20N4S. The molecule has 98 valence electrons. The summed E-state index contributed by atoms with van der Waals surface area (Å²) in [7, 11) is 0. The lowest BCUT2D eigenvalue weighted by Gasteiger charge is -2.26. The molecule has 0 aromatic carbocycles. The molecule has 0 bridgehead atoms. The smallest absolute Gasteiger partial charge is 0.188 e. The maximum Gasteiger partial charge on any atom is 0.188 e. The first-order chi connectivity index (χ1) is 8.79. The van der Waals surface area contributed by atoms with Crippen molar-refractivity contribution in [3.05, 3.63) is 34.5 Å². The summed E-state index contributed by atoms with van der Waals surface area (Å²) in [5.41, 5.74) is 7.19. The fourth-order valence-corrected chi connectivity index (χ4v) is 2.93. The van der Waals surface area contributed by atoms with Gasteiger partial charge in [0.05, 0.1) is 6.54 Å². The van der Waals surface area contributed by atoms with E-state index in [4.69, 9.17) is 5.73 Å². The summed E-state index contributed by atoms with van der Waals surface area (Å²) < 4.78 is 0. The number of rotatable bonds is 5. The van der Waals surface area contributed by atoms with Crippen LogP contribution < -0.4 is 11.1 Å². The minimum absolute atomic E-state index is 0.503. The van der Waals surface area contributed by atoms with Gasteiger partial charge in [-0.2, -0.15) is 0 Å². The number of nitrogens with one attached hydrogen (secondary N) is 1. The second-order valence-corrected chi connectivity index (χ2v) is 5.33. The number of hydrogen-bond donors (Lipinski definition) is 2. The zero-order chi connectivity index (χ0) is 12.8. The number of guanidine groups is 1. The predicted octanol–water partition coefficient (Wildman–Crippen LogP) is 1.20. The third kappa shape index (κ3) is 3.58. The van der Waals surface area contributed by atoms with Gasteiger partial charge in [-0.1, -0.05) is 6.08 Å². The molecule has 2 rings (SSSR count). The van der Waals surface area contributed by atoms with Crippen LogP contribution in [0.4, 0.5) is 0 Å². The third-order valence-corrected chi connectivity index (χ3v) is 4.04. The van der Waals surface area contributed by atoms with Crippen LogP contribution >= 0.6 is 11.3 Å². The van der Waals surface area contributed by atoms with E-state index in [1.165, 1.54) is 12.0 Å². The van der Waals surface area contributed by atoms with Gasteiger partial charge in [0.25, 0.3) is 0 Å². The molecule has 0 amide bonds. The highest BCUT2D eigenvalue weighted by Crippen LogP contribution is 2.23. The Morgan fingerprint density at radius 2 is 2.56 bits per heavy atom. The average molecular weight is 264 g/mol. The standard InChI is InChI=1S/C13H20N4S/c1-2-5-15-13(14)16-6-8-17-7-3-12-11(10-17)4-9-18-12/h2,4,9H,1,3,5-8,10H2,(H3,14,15,16). The molecule has 1 aliphatic heterocycles. The Morgan fingerprint density at radius 3 is 3.39 bits per heavy atom. The largest absolute Gasteiger partial charge is 0.370 e. The minimum Gasteiger partial charge on any atom is -0.370 e. The van der Waals surface area contributed by atoms with Gasteiger partial charge in [-0.15, -0.1) is 17.9 Å². The third-order valence-electron chi connectivity index (χ3n) is 3.01. The van der Waals surface area contributed by atoms with E-state index in [0.29, 0.717) is 12.5 Å². The van der Waals surface area contributed by atoms with E-state index in [9.17, 15) is 0 Å². The molecule has 1 aromatic rings. The number of fused-ring (bicyclic) bond motifs is 1. The van der Waals surface area contributed by atoms with Crippen molar-refractivity contribution in [3.8, 4) is 0 Å². The average Bonchev–Trinajstić information content (AvgIpc) is 2.83. The molecule has 2 heterocycles. The van der Waals surface area contributed by atoms with E-state index in [-0.39, 0.29) is 0 Å². The highest BCUT2D eigenvalue weighted by molar-refractivity contribution is 7.10. The summed E-state index contributed by atoms with van der Waals surface area (Å²) in [5, 5.41) is 5.16. The van der Waals surface area contributed by atoms with Crippen molar-refractivity contribution in [1.82, 2.24) is 10.2 Å². The Bertz CT molecular complexity index is 424. The SMILES string of the molecule is C=CCNC(N)=NCCN1CCc2sccc2C1. The van der Waals surface area contributed by atoms with E-state index in [2.05, 4.69) is 33.2 Å². The van der Waals surface area contributed by atoms with Gasteiger partial charge >= 0.3 is 0 Å². The topological polar surface area (TPSA) is 53.6 Å². The van der Waals surface area contributed by atoms with Gasteiger partial charge in [0.2, 0.25) is 0 Å². The van der Waals surface area contributed by atoms with E-state index < -0.39 is 0 Å². The quantitative estimate of drug-likeness (QED) is 0.477. The molecule has 0 aliphatic carbocycles. The zero-order valence-electron chi connectivity index (χ0n) is 10.6. The number of nitrogens with two attached hydrogens (primary N) is 1. The normalized spacial score (nSPS) is 16.3. The molecule has 0 atom stereocenters. The Morgan fingerprint density at radius 1 is 1.67 bits per heavy atom. The molecule has 0 radical (unpaired) electrons. The molecule has 4 nitrogen and oxygen atoms in total. The molecular weight excluding hydrogens is 244 g/mol. The van der Waals surface area contributed by atoms with Crippen molar-refractivity contribution in [2.45, 2.75) is 13.0 Å². The van der Waals surface area contributed by atoms with E-state index in [1.54, 1.807) is 11.0 Å². The van der Waals surface area contributed by atoms with Crippen LogP contribution in [0.1, 0.15) is 10.4 Å². The Hall–Kier alpha value is -1.33. The van der Waals surface area contributed by atoms with Crippen molar-refractivity contribution < 1.29 is 0 Å². The summed E-state index contributed by atoms with van der Waals surface area (Å²) in [6.45, 7) is 8.17. The fraction of sp³-hybridized carbons (Fsp3) is 0.462. The number of nitrogens with zero attached hydrogens (tertiary/aromatic N) is 2. The van der Waals surface area contributed by atoms with Crippen LogP contribution in [0, 0.1) is 0 Å². The molecule has 0 unspecified atom stereocenters. The number of thiophene rings is 1. The zero-order valence-corrected chi connectivity index (χ0v) is 11.4. The van der Waals surface area contributed by atoms with Crippen LogP contribution in [0.5, 0.6) is 0 Å². The van der Waals surface area contributed by atoms with Crippen LogP contribution in [0.3, 0.4) is 0 Å². The lowest BCUT2D eigenvalue weighted by atomic mass is 10.1. The monoisotopic (exact) mass is 264 g/mol. The van der Waals surface area contributed by atoms with Crippen molar-refractivity contribution >= 4 is 17.3 Å². The molecule has 18 heavy (non-hydrogen) atoms. The highest BCUT2D eigenvalue weighted by atomic mass is 32.1. The molecule has 0 saturated heterocycles. The number of hydrogen-bond acceptors (Lipinski definition) is 3. The maximum absolute atomic E-state index is 5.71. The molecule has 1 aliphatic rings. The van der Waals surface area contributed by atoms with Crippen LogP contribution in [0.25, 0.3) is 0 Å². The van der Waals surface area contributed by atoms with Crippen molar-refractivity contribution in [2.75, 3.05) is 26.2 Å². The second kappa shape index (κ2) is 6.56. The maximum atomic E-state index is 5.71. The van der Waals surface area contributed by atoms with Crippen LogP contribution in [0.2, 0.25) is 0 Å². The van der Waals surface area contributed by atoms with E-state index in [0.717, 1.165) is 26.2 Å². The Balaban J connectivity index is 1.74. The summed E-state index contributed by atoms with van der Waals surface area (Å²) >= 11 is 1.87. The highest BCUT2D eigenvalue weighted by Gasteiger charge is 2.16. The van der Waals surface area contributed by atoms with Gasteiger partial charge in [-0.3, -0.25) is 9.89 Å². The van der Waals surface area contributed by atoms with E-state index in [1.807, 2.05) is 11.3 Å². The van der Waals surface area contributed by atoms with Crippen LogP contribution in [-0.4, -0.2) is 37.0 Å². The van der Waals surface area contributed by atoms with Crippen molar-refractivity contribution in [1.29, 1.82) is 0 Å². The molecule has 0 fully saturated rings. The van der Waals surface area contributed by atoms with Crippen molar-refractivity contribution in [2.24, 2.45) is 10.7 Å². The fourth-order valence-electron chi connectivity index (χ4n) is 2.04. The van der Waals surface area contributed by atoms with Gasteiger partial charge in [0.15, 0.2) is 5.96 Å². The van der Waals surface area contributed by atoms with Gasteiger partial charge in [0, 0.05) is 31.1 Å². The van der Waals surface area contributed by atoms with Gasteiger partial charge < -0.3 is 11.1 Å². The van der Waals surface area contributed by atoms with Gasteiger partial charge in [-0.05, 0) is 23.4 Å². The molecule has 3 N–H and O–H groups in total. The molecule has 0 saturated carbocycles. The number of aliphatic imine (C=N–C) groups is 1. The first-order valence-corrected chi connectivity index (χ1v) is 7.10. The van der Waals surface area contributed by atoms with Crippen LogP contribution in [-0.2, 0) is 13.0 Å². The molecule has 1 aromatic heterocycles. The first kappa shape index (κ1) is 13.1. The molecule has 0 spiro atoms. The summed E-state index contributed by atoms with van der Waals surface area (Å²) in [4.78, 5) is 8.27. The minimum atomic E-state index is 0.503. The lowest BCUT2D eigenvalue weighted by Crippen LogP contribution is -2.34. The summed E-state index contributed by atoms with van der Waals surface area (Å²) in [6, 6.07) is 2.23. The lowest BCUT2D eigenvalue weighted by molar-refractivity contribution is 0.263. The Kier molecular flexibility index (Phi) is 4.78. The van der Waals surface area contributed by atoms with E-state index >= 15 is 0 Å². The summed E-state index contributed by atoms with van der Waals surface area (Å²) in [6.07, 6.45) is 2.94. The Labute approximate surface area is 112 Å². The predicted molar refractivity (Wildman–Crippen MR) is 78.0 cm³/mol. The molecule has 5 heteroatoms. The summed E-state index contributed by atoms with van der Waals surface area (Å²) in [5.74, 6) is 0.503. The van der Waals surface area contributed by atoms with Gasteiger partial charge in [-0.25, -0.2) is 0 Å². The van der Waals surface area contributed by atoms with Crippen LogP contribution in [0.15, 0.2) is 29.1 Å². The first-order valence-electron chi connectivity index (χ1n) is 6.22. The van der Waals surface area contributed by atoms with Gasteiger partial charge in [0.1, 0.15) is 0 Å². The second-order valence-electron chi connectivity index (χ2n) is 4.33. The van der Waals surface area contributed by atoms with Crippen molar-refractivity contribution in [3.63, 3.8) is 0 Å².